The Balaban J connectivity index is 2.47. The predicted molar refractivity (Wildman–Crippen MR) is 41.9 cm³/mol. The first-order valence-electron chi connectivity index (χ1n) is 3.38. The van der Waals surface area contributed by atoms with Crippen molar-refractivity contribution in [3.05, 3.63) is 42.4 Å². The zero-order valence-corrected chi connectivity index (χ0v) is 6.27. The van der Waals surface area contributed by atoms with Crippen LogP contribution in [0.15, 0.2) is 41.0 Å². The van der Waals surface area contributed by atoms with E-state index in [1.165, 1.54) is 6.08 Å². The van der Waals surface area contributed by atoms with Gasteiger partial charge in [0.1, 0.15) is 5.76 Å². The average molecular weight is 163 g/mol. The number of carboxylic acid groups (broad SMARTS) is 1. The van der Waals surface area contributed by atoms with Gasteiger partial charge in [0.15, 0.2) is 0 Å². The quantitative estimate of drug-likeness (QED) is 0.484. The van der Waals surface area contributed by atoms with Crippen molar-refractivity contribution in [1.82, 2.24) is 0 Å². The third-order valence-electron chi connectivity index (χ3n) is 1.15. The lowest BCUT2D eigenvalue weighted by Gasteiger charge is -1.85. The van der Waals surface area contributed by atoms with E-state index in [1.807, 2.05) is 0 Å². The summed E-state index contributed by atoms with van der Waals surface area (Å²) >= 11 is 0. The van der Waals surface area contributed by atoms with Crippen LogP contribution in [0.4, 0.5) is 0 Å². The second-order valence-corrected chi connectivity index (χ2v) is 2.05. The van der Waals surface area contributed by atoms with Gasteiger partial charge in [-0.1, -0.05) is 12.2 Å². The number of carbonyl (C=O) groups excluding carboxylic acids is 1. The minimum Gasteiger partial charge on any atom is -0.545 e. The Morgan fingerprint density at radius 1 is 1.50 bits per heavy atom. The van der Waals surface area contributed by atoms with Crippen molar-refractivity contribution in [3.63, 3.8) is 0 Å². The minimum atomic E-state index is -1.21. The topological polar surface area (TPSA) is 53.3 Å². The Labute approximate surface area is 69.6 Å². The molecule has 0 amide bonds. The van der Waals surface area contributed by atoms with Gasteiger partial charge in [-0.3, -0.25) is 0 Å². The molecule has 0 aliphatic heterocycles. The van der Waals surface area contributed by atoms with Crippen molar-refractivity contribution >= 4 is 12.0 Å². The molecular weight excluding hydrogens is 156 g/mol. The zero-order chi connectivity index (χ0) is 8.81. The number of hydrogen-bond acceptors (Lipinski definition) is 3. The fourth-order valence-corrected chi connectivity index (χ4v) is 0.671. The molecule has 0 unspecified atom stereocenters. The second kappa shape index (κ2) is 4.18. The fourth-order valence-electron chi connectivity index (χ4n) is 0.671. The molecule has 1 aromatic heterocycles. The van der Waals surface area contributed by atoms with E-state index < -0.39 is 5.97 Å². The summed E-state index contributed by atoms with van der Waals surface area (Å²) in [5.41, 5.74) is 0. The molecule has 12 heavy (non-hydrogen) atoms. The van der Waals surface area contributed by atoms with Gasteiger partial charge in [-0.15, -0.1) is 0 Å². The van der Waals surface area contributed by atoms with Gasteiger partial charge in [-0.05, 0) is 24.3 Å². The first kappa shape index (κ1) is 8.33. The van der Waals surface area contributed by atoms with E-state index in [-0.39, 0.29) is 0 Å². The molecule has 0 aliphatic rings. The number of carboxylic acids is 1. The van der Waals surface area contributed by atoms with Crippen molar-refractivity contribution in [2.45, 2.75) is 0 Å². The number of aliphatic carboxylic acids is 1. The lowest BCUT2D eigenvalue weighted by Crippen LogP contribution is -2.18. The first-order valence-corrected chi connectivity index (χ1v) is 3.38. The molecule has 0 fully saturated rings. The maximum atomic E-state index is 9.91. The van der Waals surface area contributed by atoms with Crippen LogP contribution in [-0.4, -0.2) is 5.97 Å². The number of hydrogen-bond donors (Lipinski definition) is 0. The Bertz CT molecular complexity index is 294. The van der Waals surface area contributed by atoms with Crippen LogP contribution < -0.4 is 5.11 Å². The van der Waals surface area contributed by atoms with Gasteiger partial charge in [-0.25, -0.2) is 0 Å². The monoisotopic (exact) mass is 163 g/mol. The highest BCUT2D eigenvalue weighted by atomic mass is 16.4. The van der Waals surface area contributed by atoms with Crippen LogP contribution in [-0.2, 0) is 4.79 Å². The van der Waals surface area contributed by atoms with Gasteiger partial charge in [-0.2, -0.15) is 0 Å². The minimum absolute atomic E-state index is 0.679. The normalized spacial score (nSPS) is 11.3. The Kier molecular flexibility index (Phi) is 2.90. The molecule has 1 rings (SSSR count). The van der Waals surface area contributed by atoms with Gasteiger partial charge in [0.25, 0.3) is 0 Å². The van der Waals surface area contributed by atoms with E-state index in [2.05, 4.69) is 0 Å². The summed E-state index contributed by atoms with van der Waals surface area (Å²) in [5, 5.41) is 9.91. The maximum absolute atomic E-state index is 9.91. The molecule has 1 aromatic rings. The lowest BCUT2D eigenvalue weighted by atomic mass is 10.4. The van der Waals surface area contributed by atoms with Crippen LogP contribution >= 0.6 is 0 Å². The van der Waals surface area contributed by atoms with Crippen LogP contribution in [0.3, 0.4) is 0 Å². The third kappa shape index (κ3) is 2.88. The standard InChI is InChI=1S/C9H8O3/c10-9(11)6-2-1-4-8-5-3-7-12-8/h1-7H,(H,10,11)/p-1/b4-1+,6-2+. The molecule has 3 heteroatoms. The average Bonchev–Trinajstić information content (AvgIpc) is 2.49. The van der Waals surface area contributed by atoms with Crippen LogP contribution in [0.5, 0.6) is 0 Å². The molecule has 0 bridgehead atoms. The molecule has 0 radical (unpaired) electrons. The Hall–Kier alpha value is -1.77. The molecule has 0 spiro atoms. The van der Waals surface area contributed by atoms with E-state index in [4.69, 9.17) is 4.42 Å². The van der Waals surface area contributed by atoms with Crippen LogP contribution in [0.25, 0.3) is 6.08 Å². The van der Waals surface area contributed by atoms with Gasteiger partial charge in [0, 0.05) is 0 Å². The van der Waals surface area contributed by atoms with E-state index in [0.29, 0.717) is 5.76 Å². The van der Waals surface area contributed by atoms with Gasteiger partial charge < -0.3 is 14.3 Å². The SMILES string of the molecule is O=C([O-])/C=C/C=C/c1ccco1. The van der Waals surface area contributed by atoms with Crippen LogP contribution in [0.2, 0.25) is 0 Å². The van der Waals surface area contributed by atoms with Crippen molar-refractivity contribution in [3.8, 4) is 0 Å². The first-order chi connectivity index (χ1) is 5.79. The van der Waals surface area contributed by atoms with Crippen molar-refractivity contribution in [2.75, 3.05) is 0 Å². The molecule has 1 heterocycles. The number of rotatable bonds is 3. The van der Waals surface area contributed by atoms with Gasteiger partial charge in [0.05, 0.1) is 12.2 Å². The van der Waals surface area contributed by atoms with E-state index in [0.717, 1.165) is 6.08 Å². The van der Waals surface area contributed by atoms with Crippen molar-refractivity contribution < 1.29 is 14.3 Å². The highest BCUT2D eigenvalue weighted by Crippen LogP contribution is 2.01. The summed E-state index contributed by atoms with van der Waals surface area (Å²) in [6, 6.07) is 3.52. The molecule has 0 saturated heterocycles. The summed E-state index contributed by atoms with van der Waals surface area (Å²) in [6.45, 7) is 0. The zero-order valence-electron chi connectivity index (χ0n) is 6.27. The summed E-state index contributed by atoms with van der Waals surface area (Å²) in [7, 11) is 0. The Morgan fingerprint density at radius 2 is 2.33 bits per heavy atom. The molecule has 62 valence electrons. The number of furan rings is 1. The second-order valence-electron chi connectivity index (χ2n) is 2.05. The molecule has 3 nitrogen and oxygen atoms in total. The smallest absolute Gasteiger partial charge is 0.126 e. The molecular formula is C9H7O3-. The summed E-state index contributed by atoms with van der Waals surface area (Å²) in [6.07, 6.45) is 7.08. The highest BCUT2D eigenvalue weighted by molar-refractivity contribution is 5.78. The molecule has 0 atom stereocenters. The van der Waals surface area contributed by atoms with E-state index >= 15 is 0 Å². The van der Waals surface area contributed by atoms with Gasteiger partial charge in [0.2, 0.25) is 0 Å². The molecule has 0 N–H and O–H groups in total. The summed E-state index contributed by atoms with van der Waals surface area (Å²) < 4.78 is 4.96. The molecule has 0 aromatic carbocycles. The Morgan fingerprint density at radius 3 is 2.92 bits per heavy atom. The number of allylic oxidation sites excluding steroid dienone is 2. The van der Waals surface area contributed by atoms with Crippen molar-refractivity contribution in [2.24, 2.45) is 0 Å². The summed E-state index contributed by atoms with van der Waals surface area (Å²) in [4.78, 5) is 9.91. The molecule has 0 aliphatic carbocycles. The third-order valence-corrected chi connectivity index (χ3v) is 1.15. The van der Waals surface area contributed by atoms with Gasteiger partial charge >= 0.3 is 0 Å². The van der Waals surface area contributed by atoms with E-state index in [1.54, 1.807) is 30.5 Å². The number of carbonyl (C=O) groups is 1. The lowest BCUT2D eigenvalue weighted by molar-refractivity contribution is -0.297. The van der Waals surface area contributed by atoms with Crippen LogP contribution in [0.1, 0.15) is 5.76 Å². The predicted octanol–water partition coefficient (Wildman–Crippen LogP) is 0.599. The van der Waals surface area contributed by atoms with E-state index in [9.17, 15) is 9.90 Å². The molecule has 0 saturated carbocycles. The largest absolute Gasteiger partial charge is 0.545 e. The van der Waals surface area contributed by atoms with Crippen molar-refractivity contribution in [1.29, 1.82) is 0 Å². The summed E-state index contributed by atoms with van der Waals surface area (Å²) in [5.74, 6) is -0.530. The van der Waals surface area contributed by atoms with Crippen LogP contribution in [0, 0.1) is 0 Å². The fraction of sp³-hybridized carbons (Fsp3) is 0. The maximum Gasteiger partial charge on any atom is 0.126 e. The highest BCUT2D eigenvalue weighted by Gasteiger charge is 1.83.